The van der Waals surface area contributed by atoms with Crippen molar-refractivity contribution in [3.8, 4) is 17.1 Å². The molecular formula is C19H14ClN5O2S. The van der Waals surface area contributed by atoms with E-state index in [0.717, 1.165) is 11.3 Å². The van der Waals surface area contributed by atoms with E-state index in [0.29, 0.717) is 21.8 Å². The fourth-order valence-electron chi connectivity index (χ4n) is 2.48. The number of nitrogens with one attached hydrogen (secondary N) is 1. The lowest BCUT2D eigenvalue weighted by molar-refractivity contribution is -0.113. The summed E-state index contributed by atoms with van der Waals surface area (Å²) in [4.78, 5) is 12.4. The summed E-state index contributed by atoms with van der Waals surface area (Å²) in [6, 6.07) is 16.4. The van der Waals surface area contributed by atoms with Gasteiger partial charge in [-0.15, -0.1) is 10.2 Å². The number of carbonyl (C=O) groups excluding carboxylic acids is 1. The van der Waals surface area contributed by atoms with Gasteiger partial charge in [-0.25, -0.2) is 4.68 Å². The summed E-state index contributed by atoms with van der Waals surface area (Å²) in [6.45, 7) is 0. The molecule has 0 saturated heterocycles. The van der Waals surface area contributed by atoms with E-state index < -0.39 is 0 Å². The third-order valence-electron chi connectivity index (χ3n) is 3.75. The molecule has 7 nitrogen and oxygen atoms in total. The quantitative estimate of drug-likeness (QED) is 0.476. The van der Waals surface area contributed by atoms with Gasteiger partial charge in [0.25, 0.3) is 5.22 Å². The highest BCUT2D eigenvalue weighted by Gasteiger charge is 2.13. The number of aromatic nitrogens is 4. The molecule has 0 fully saturated rings. The van der Waals surface area contributed by atoms with Crippen molar-refractivity contribution in [3.63, 3.8) is 0 Å². The third kappa shape index (κ3) is 4.24. The van der Waals surface area contributed by atoms with Crippen molar-refractivity contribution in [2.45, 2.75) is 5.22 Å². The van der Waals surface area contributed by atoms with Gasteiger partial charge in [0.1, 0.15) is 0 Å². The number of para-hydroxylation sites is 2. The summed E-state index contributed by atoms with van der Waals surface area (Å²) in [5.74, 6) is 0.329. The van der Waals surface area contributed by atoms with Crippen molar-refractivity contribution in [3.05, 3.63) is 72.0 Å². The number of thioether (sulfide) groups is 1. The SMILES string of the molecule is O=C(CSc1nnc(-c2ccc(Cl)cc2)o1)Nc1ccccc1-n1cccn1. The molecule has 2 aromatic heterocycles. The van der Waals surface area contributed by atoms with E-state index in [4.69, 9.17) is 16.0 Å². The van der Waals surface area contributed by atoms with Gasteiger partial charge >= 0.3 is 0 Å². The second-order valence-electron chi connectivity index (χ2n) is 5.68. The molecule has 0 aliphatic heterocycles. The van der Waals surface area contributed by atoms with Crippen LogP contribution in [0.5, 0.6) is 0 Å². The van der Waals surface area contributed by atoms with Crippen LogP contribution in [0.1, 0.15) is 0 Å². The maximum Gasteiger partial charge on any atom is 0.277 e. The number of anilines is 1. The van der Waals surface area contributed by atoms with Gasteiger partial charge in [-0.1, -0.05) is 35.5 Å². The first-order valence-electron chi connectivity index (χ1n) is 8.30. The second-order valence-corrected chi connectivity index (χ2v) is 7.05. The van der Waals surface area contributed by atoms with Crippen molar-refractivity contribution in [1.82, 2.24) is 20.0 Å². The smallest absolute Gasteiger partial charge is 0.277 e. The average molecular weight is 412 g/mol. The fourth-order valence-corrected chi connectivity index (χ4v) is 3.17. The number of hydrogen-bond acceptors (Lipinski definition) is 6. The van der Waals surface area contributed by atoms with E-state index in [1.165, 1.54) is 11.8 Å². The second kappa shape index (κ2) is 8.28. The van der Waals surface area contributed by atoms with Gasteiger partial charge in [0.15, 0.2) is 0 Å². The fraction of sp³-hybridized carbons (Fsp3) is 0.0526. The van der Waals surface area contributed by atoms with Crippen LogP contribution in [0.15, 0.2) is 76.6 Å². The summed E-state index contributed by atoms with van der Waals surface area (Å²) in [5.41, 5.74) is 2.22. The zero-order chi connectivity index (χ0) is 19.3. The molecule has 0 radical (unpaired) electrons. The van der Waals surface area contributed by atoms with Crippen LogP contribution in [-0.4, -0.2) is 31.6 Å². The van der Waals surface area contributed by atoms with Gasteiger partial charge in [0.2, 0.25) is 11.8 Å². The lowest BCUT2D eigenvalue weighted by atomic mass is 10.2. The van der Waals surface area contributed by atoms with Gasteiger partial charge in [0.05, 0.1) is 17.1 Å². The summed E-state index contributed by atoms with van der Waals surface area (Å²) in [5, 5.41) is 16.0. The van der Waals surface area contributed by atoms with Gasteiger partial charge in [-0.2, -0.15) is 5.10 Å². The molecule has 0 aliphatic rings. The van der Waals surface area contributed by atoms with Crippen LogP contribution in [0.2, 0.25) is 5.02 Å². The summed E-state index contributed by atoms with van der Waals surface area (Å²) in [6.07, 6.45) is 3.50. The average Bonchev–Trinajstić information content (AvgIpc) is 3.40. The summed E-state index contributed by atoms with van der Waals surface area (Å²) in [7, 11) is 0. The molecule has 0 bridgehead atoms. The Morgan fingerprint density at radius 3 is 2.71 bits per heavy atom. The maximum atomic E-state index is 12.4. The van der Waals surface area contributed by atoms with Crippen LogP contribution in [0, 0.1) is 0 Å². The van der Waals surface area contributed by atoms with E-state index in [1.54, 1.807) is 35.1 Å². The van der Waals surface area contributed by atoms with Crippen molar-refractivity contribution >= 4 is 35.0 Å². The maximum absolute atomic E-state index is 12.4. The lowest BCUT2D eigenvalue weighted by Crippen LogP contribution is -2.15. The van der Waals surface area contributed by atoms with Gasteiger partial charge in [-0.3, -0.25) is 4.79 Å². The first-order valence-corrected chi connectivity index (χ1v) is 9.66. The molecule has 0 unspecified atom stereocenters. The van der Waals surface area contributed by atoms with Gasteiger partial charge in [-0.05, 0) is 42.5 Å². The monoisotopic (exact) mass is 411 g/mol. The molecule has 28 heavy (non-hydrogen) atoms. The van der Waals surface area contributed by atoms with Crippen molar-refractivity contribution in [2.75, 3.05) is 11.1 Å². The zero-order valence-electron chi connectivity index (χ0n) is 14.4. The molecule has 1 N–H and O–H groups in total. The third-order valence-corrected chi connectivity index (χ3v) is 4.82. The molecule has 1 amide bonds. The molecular weight excluding hydrogens is 398 g/mol. The molecule has 0 aliphatic carbocycles. The van der Waals surface area contributed by atoms with Crippen LogP contribution in [-0.2, 0) is 4.79 Å². The van der Waals surface area contributed by atoms with E-state index >= 15 is 0 Å². The van der Waals surface area contributed by atoms with E-state index in [1.807, 2.05) is 36.5 Å². The van der Waals surface area contributed by atoms with Crippen molar-refractivity contribution in [2.24, 2.45) is 0 Å². The Balaban J connectivity index is 1.39. The topological polar surface area (TPSA) is 85.8 Å². The molecule has 4 rings (SSSR count). The summed E-state index contributed by atoms with van der Waals surface area (Å²) >= 11 is 7.05. The molecule has 9 heteroatoms. The number of carbonyl (C=O) groups is 1. The molecule has 140 valence electrons. The van der Waals surface area contributed by atoms with E-state index in [2.05, 4.69) is 20.6 Å². The molecule has 0 spiro atoms. The number of amides is 1. The number of rotatable bonds is 6. The van der Waals surface area contributed by atoms with Crippen molar-refractivity contribution in [1.29, 1.82) is 0 Å². The zero-order valence-corrected chi connectivity index (χ0v) is 16.0. The summed E-state index contributed by atoms with van der Waals surface area (Å²) < 4.78 is 7.29. The van der Waals surface area contributed by atoms with Crippen molar-refractivity contribution < 1.29 is 9.21 Å². The Morgan fingerprint density at radius 1 is 1.11 bits per heavy atom. The molecule has 2 aromatic carbocycles. The Hall–Kier alpha value is -3.10. The van der Waals surface area contributed by atoms with Crippen LogP contribution in [0.25, 0.3) is 17.1 Å². The predicted octanol–water partition coefficient (Wildman–Crippen LogP) is 4.31. The highest BCUT2D eigenvalue weighted by molar-refractivity contribution is 7.99. The van der Waals surface area contributed by atoms with Crippen LogP contribution < -0.4 is 5.32 Å². The standard InChI is InChI=1S/C19H14ClN5O2S/c20-14-8-6-13(7-9-14)18-23-24-19(27-18)28-12-17(26)22-15-4-1-2-5-16(15)25-11-3-10-21-25/h1-11H,12H2,(H,22,26). The minimum Gasteiger partial charge on any atom is -0.411 e. The number of benzene rings is 2. The molecule has 0 atom stereocenters. The Labute approximate surface area is 169 Å². The molecule has 2 heterocycles. The number of nitrogens with zero attached hydrogens (tertiary/aromatic N) is 4. The minimum atomic E-state index is -0.184. The largest absolute Gasteiger partial charge is 0.411 e. The lowest BCUT2D eigenvalue weighted by Gasteiger charge is -2.10. The molecule has 4 aromatic rings. The Kier molecular flexibility index (Phi) is 5.41. The highest BCUT2D eigenvalue weighted by atomic mass is 35.5. The highest BCUT2D eigenvalue weighted by Crippen LogP contribution is 2.25. The normalized spacial score (nSPS) is 10.8. The van der Waals surface area contributed by atoms with Crippen LogP contribution in [0.4, 0.5) is 5.69 Å². The number of hydrogen-bond donors (Lipinski definition) is 1. The van der Waals surface area contributed by atoms with E-state index in [-0.39, 0.29) is 11.7 Å². The number of halogens is 1. The van der Waals surface area contributed by atoms with Crippen LogP contribution in [0.3, 0.4) is 0 Å². The first kappa shape index (κ1) is 18.3. The Morgan fingerprint density at radius 2 is 1.93 bits per heavy atom. The molecule has 0 saturated carbocycles. The first-order chi connectivity index (χ1) is 13.7. The predicted molar refractivity (Wildman–Crippen MR) is 108 cm³/mol. The van der Waals surface area contributed by atoms with Crippen LogP contribution >= 0.6 is 23.4 Å². The minimum absolute atomic E-state index is 0.135. The van der Waals surface area contributed by atoms with Gasteiger partial charge < -0.3 is 9.73 Å². The van der Waals surface area contributed by atoms with E-state index in [9.17, 15) is 4.79 Å². The Bertz CT molecular complexity index is 1080. The van der Waals surface area contributed by atoms with Gasteiger partial charge in [0, 0.05) is 23.0 Å².